The molecule has 0 saturated carbocycles. The largest absolute Gasteiger partial charge is 0.371 e. The van der Waals surface area contributed by atoms with Crippen molar-refractivity contribution >= 4 is 5.69 Å². The lowest BCUT2D eigenvalue weighted by Gasteiger charge is -2.47. The van der Waals surface area contributed by atoms with Crippen LogP contribution in [0.15, 0.2) is 72.9 Å². The van der Waals surface area contributed by atoms with Gasteiger partial charge in [-0.3, -0.25) is 4.90 Å². The Morgan fingerprint density at radius 1 is 0.920 bits per heavy atom. The van der Waals surface area contributed by atoms with Crippen molar-refractivity contribution in [1.82, 2.24) is 9.47 Å². The molecular weight excluding hydrogens is 306 g/mol. The number of para-hydroxylation sites is 2. The maximum absolute atomic E-state index is 3.91. The molecule has 0 bridgehead atoms. The maximum atomic E-state index is 3.91. The predicted octanol–water partition coefficient (Wildman–Crippen LogP) is 4.39. The molecule has 126 valence electrons. The van der Waals surface area contributed by atoms with Crippen molar-refractivity contribution in [3.63, 3.8) is 0 Å². The van der Waals surface area contributed by atoms with Crippen LogP contribution in [-0.4, -0.2) is 22.6 Å². The number of nitrogens with zero attached hydrogens (tertiary/aromatic N) is 2. The number of rotatable bonds is 2. The van der Waals surface area contributed by atoms with Crippen LogP contribution in [0.3, 0.4) is 0 Å². The molecule has 0 aliphatic carbocycles. The average molecular weight is 329 g/mol. The van der Waals surface area contributed by atoms with Gasteiger partial charge in [-0.1, -0.05) is 42.5 Å². The van der Waals surface area contributed by atoms with E-state index in [9.17, 15) is 0 Å². The van der Waals surface area contributed by atoms with Crippen molar-refractivity contribution in [2.45, 2.75) is 24.9 Å². The number of piperidine rings is 1. The normalized spacial score (nSPS) is 22.2. The molecular formula is C22H23N3. The number of hydrogen-bond donors (Lipinski definition) is 1. The van der Waals surface area contributed by atoms with Gasteiger partial charge >= 0.3 is 0 Å². The van der Waals surface area contributed by atoms with E-state index in [1.807, 2.05) is 0 Å². The lowest BCUT2D eigenvalue weighted by molar-refractivity contribution is 0.150. The highest BCUT2D eigenvalue weighted by Gasteiger charge is 2.42. The molecule has 0 radical (unpaired) electrons. The van der Waals surface area contributed by atoms with Gasteiger partial charge in [-0.15, -0.1) is 0 Å². The van der Waals surface area contributed by atoms with Crippen LogP contribution in [0.1, 0.15) is 24.1 Å². The molecule has 3 heterocycles. The quantitative estimate of drug-likeness (QED) is 0.752. The second kappa shape index (κ2) is 5.78. The molecule has 5 rings (SSSR count). The van der Waals surface area contributed by atoms with E-state index in [-0.39, 0.29) is 5.54 Å². The van der Waals surface area contributed by atoms with E-state index in [1.165, 1.54) is 42.0 Å². The molecule has 25 heavy (non-hydrogen) atoms. The first kappa shape index (κ1) is 14.8. The standard InChI is InChI=1S/C22H23N3/c1-2-8-18(9-3-1)16-24-14-7-13-22(17-24)21-12-6-15-25(21)20-11-5-4-10-19(20)23-22/h1-6,8-12,15,23H,7,13-14,16-17H2. The van der Waals surface area contributed by atoms with Gasteiger partial charge in [0, 0.05) is 25.0 Å². The molecule has 2 aliphatic heterocycles. The second-order valence-corrected chi connectivity index (χ2v) is 7.29. The Labute approximate surface area is 148 Å². The summed E-state index contributed by atoms with van der Waals surface area (Å²) in [5.41, 5.74) is 5.29. The van der Waals surface area contributed by atoms with Crippen molar-refractivity contribution < 1.29 is 0 Å². The van der Waals surface area contributed by atoms with Gasteiger partial charge in [0.1, 0.15) is 0 Å². The number of nitrogens with one attached hydrogen (secondary N) is 1. The summed E-state index contributed by atoms with van der Waals surface area (Å²) in [6.07, 6.45) is 4.59. The van der Waals surface area contributed by atoms with E-state index < -0.39 is 0 Å². The van der Waals surface area contributed by atoms with Gasteiger partial charge in [0.25, 0.3) is 0 Å². The summed E-state index contributed by atoms with van der Waals surface area (Å²) < 4.78 is 2.37. The SMILES string of the molecule is c1ccc(CN2CCCC3(C2)Nc2ccccc2-n2cccc23)cc1. The Balaban J connectivity index is 1.49. The first-order chi connectivity index (χ1) is 12.3. The Morgan fingerprint density at radius 3 is 2.68 bits per heavy atom. The highest BCUT2D eigenvalue weighted by molar-refractivity contribution is 5.67. The smallest absolute Gasteiger partial charge is 0.0908 e. The lowest BCUT2D eigenvalue weighted by Crippen LogP contribution is -2.52. The minimum atomic E-state index is 0.00484. The third-order valence-corrected chi connectivity index (χ3v) is 5.60. The van der Waals surface area contributed by atoms with Gasteiger partial charge < -0.3 is 9.88 Å². The summed E-state index contributed by atoms with van der Waals surface area (Å²) in [5.74, 6) is 0. The van der Waals surface area contributed by atoms with Crippen LogP contribution in [0, 0.1) is 0 Å². The third kappa shape index (κ3) is 2.47. The molecule has 3 aromatic rings. The minimum absolute atomic E-state index is 0.00484. The Morgan fingerprint density at radius 2 is 1.76 bits per heavy atom. The van der Waals surface area contributed by atoms with Crippen molar-refractivity contribution in [3.8, 4) is 5.69 Å². The summed E-state index contributed by atoms with van der Waals surface area (Å²) in [4.78, 5) is 2.59. The molecule has 3 nitrogen and oxygen atoms in total. The van der Waals surface area contributed by atoms with Crippen LogP contribution in [0.25, 0.3) is 5.69 Å². The molecule has 2 aliphatic rings. The summed E-state index contributed by atoms with van der Waals surface area (Å²) in [6.45, 7) is 3.23. The van der Waals surface area contributed by atoms with E-state index in [4.69, 9.17) is 0 Å². The molecule has 1 atom stereocenters. The zero-order valence-corrected chi connectivity index (χ0v) is 14.4. The van der Waals surface area contributed by atoms with E-state index in [0.29, 0.717) is 0 Å². The number of anilines is 1. The summed E-state index contributed by atoms with van der Waals surface area (Å²) in [6, 6.07) is 23.9. The van der Waals surface area contributed by atoms with Crippen LogP contribution in [0.5, 0.6) is 0 Å². The van der Waals surface area contributed by atoms with E-state index in [2.05, 4.69) is 87.7 Å². The Kier molecular flexibility index (Phi) is 3.42. The summed E-state index contributed by atoms with van der Waals surface area (Å²) in [7, 11) is 0. The molecule has 0 amide bonds. The van der Waals surface area contributed by atoms with Crippen LogP contribution >= 0.6 is 0 Å². The third-order valence-electron chi connectivity index (χ3n) is 5.60. The number of aromatic nitrogens is 1. The van der Waals surface area contributed by atoms with Gasteiger partial charge in [0.15, 0.2) is 0 Å². The molecule has 1 N–H and O–H groups in total. The van der Waals surface area contributed by atoms with E-state index in [1.54, 1.807) is 0 Å². The first-order valence-corrected chi connectivity index (χ1v) is 9.16. The number of hydrogen-bond acceptors (Lipinski definition) is 2. The van der Waals surface area contributed by atoms with Crippen molar-refractivity contribution in [2.75, 3.05) is 18.4 Å². The monoisotopic (exact) mass is 329 g/mol. The fraction of sp³-hybridized carbons (Fsp3) is 0.273. The topological polar surface area (TPSA) is 20.2 Å². The van der Waals surface area contributed by atoms with Gasteiger partial charge in [-0.2, -0.15) is 0 Å². The number of fused-ring (bicyclic) bond motifs is 4. The lowest BCUT2D eigenvalue weighted by atomic mass is 9.83. The first-order valence-electron chi connectivity index (χ1n) is 9.16. The predicted molar refractivity (Wildman–Crippen MR) is 102 cm³/mol. The van der Waals surface area contributed by atoms with E-state index >= 15 is 0 Å². The Bertz CT molecular complexity index is 883. The average Bonchev–Trinajstić information content (AvgIpc) is 3.14. The summed E-state index contributed by atoms with van der Waals surface area (Å²) >= 11 is 0. The summed E-state index contributed by atoms with van der Waals surface area (Å²) in [5, 5.41) is 3.91. The zero-order valence-electron chi connectivity index (χ0n) is 14.4. The molecule has 1 saturated heterocycles. The van der Waals surface area contributed by atoms with Crippen molar-refractivity contribution in [2.24, 2.45) is 0 Å². The Hall–Kier alpha value is -2.52. The number of benzene rings is 2. The van der Waals surface area contributed by atoms with Crippen molar-refractivity contribution in [1.29, 1.82) is 0 Å². The molecule has 1 unspecified atom stereocenters. The maximum Gasteiger partial charge on any atom is 0.0908 e. The van der Waals surface area contributed by atoms with E-state index in [0.717, 1.165) is 13.1 Å². The van der Waals surface area contributed by atoms with Crippen LogP contribution in [0.2, 0.25) is 0 Å². The van der Waals surface area contributed by atoms with Gasteiger partial charge in [0.05, 0.1) is 16.9 Å². The van der Waals surface area contributed by atoms with Crippen molar-refractivity contribution in [3.05, 3.63) is 84.2 Å². The van der Waals surface area contributed by atoms with Gasteiger partial charge in [0.2, 0.25) is 0 Å². The van der Waals surface area contributed by atoms with Crippen LogP contribution < -0.4 is 5.32 Å². The highest BCUT2D eigenvalue weighted by Crippen LogP contribution is 2.42. The minimum Gasteiger partial charge on any atom is -0.371 e. The van der Waals surface area contributed by atoms with Crippen LogP contribution in [-0.2, 0) is 12.1 Å². The molecule has 1 fully saturated rings. The molecule has 1 aromatic heterocycles. The van der Waals surface area contributed by atoms with Crippen LogP contribution in [0.4, 0.5) is 5.69 Å². The fourth-order valence-corrected chi connectivity index (χ4v) is 4.52. The highest BCUT2D eigenvalue weighted by atomic mass is 15.2. The fourth-order valence-electron chi connectivity index (χ4n) is 4.52. The van der Waals surface area contributed by atoms with Gasteiger partial charge in [-0.05, 0) is 49.2 Å². The van der Waals surface area contributed by atoms with Gasteiger partial charge in [-0.25, -0.2) is 0 Å². The second-order valence-electron chi connectivity index (χ2n) is 7.29. The molecule has 2 aromatic carbocycles. The molecule has 3 heteroatoms. The molecule has 1 spiro atoms. The number of likely N-dealkylation sites (tertiary alicyclic amines) is 1. The zero-order chi connectivity index (χ0) is 16.7.